The maximum Gasteiger partial charge on any atom is 0.274 e. The Bertz CT molecular complexity index is 577. The molecule has 2 aliphatic heterocycles. The standard InChI is InChI=1S/C14H18N4O2/c1-10-11(9-17-6-2-3-7-17)14-12(15-4-5-16-14)8-13(10)18(19)20/h4-5,8,15-16H,2-3,6-7,9H2,1H3. The molecular weight excluding hydrogens is 256 g/mol. The van der Waals surface area contributed by atoms with E-state index in [1.165, 1.54) is 12.8 Å². The summed E-state index contributed by atoms with van der Waals surface area (Å²) < 4.78 is 0. The predicted octanol–water partition coefficient (Wildman–Crippen LogP) is 2.81. The molecule has 1 aromatic carbocycles. The Balaban J connectivity index is 2.05. The normalized spacial score (nSPS) is 17.4. The first kappa shape index (κ1) is 12.9. The van der Waals surface area contributed by atoms with E-state index in [1.54, 1.807) is 12.3 Å². The molecule has 2 heterocycles. The van der Waals surface area contributed by atoms with Gasteiger partial charge in [-0.3, -0.25) is 15.0 Å². The van der Waals surface area contributed by atoms with E-state index in [-0.39, 0.29) is 10.6 Å². The van der Waals surface area contributed by atoms with Crippen molar-refractivity contribution in [3.63, 3.8) is 0 Å². The number of nitro benzene ring substituents is 1. The van der Waals surface area contributed by atoms with Crippen LogP contribution in [-0.4, -0.2) is 22.9 Å². The average molecular weight is 274 g/mol. The summed E-state index contributed by atoms with van der Waals surface area (Å²) in [4.78, 5) is 13.3. The topological polar surface area (TPSA) is 70.4 Å². The first-order valence-corrected chi connectivity index (χ1v) is 6.88. The number of hydrogen-bond donors (Lipinski definition) is 2. The Morgan fingerprint density at radius 1 is 1.30 bits per heavy atom. The van der Waals surface area contributed by atoms with Crippen molar-refractivity contribution in [1.29, 1.82) is 0 Å². The minimum absolute atomic E-state index is 0.183. The van der Waals surface area contributed by atoms with Gasteiger partial charge >= 0.3 is 0 Å². The van der Waals surface area contributed by atoms with Gasteiger partial charge in [-0.15, -0.1) is 0 Å². The number of rotatable bonds is 3. The van der Waals surface area contributed by atoms with Gasteiger partial charge in [0.25, 0.3) is 5.69 Å². The van der Waals surface area contributed by atoms with E-state index < -0.39 is 0 Å². The van der Waals surface area contributed by atoms with E-state index in [0.717, 1.165) is 42.1 Å². The van der Waals surface area contributed by atoms with Crippen molar-refractivity contribution >= 4 is 17.1 Å². The van der Waals surface area contributed by atoms with E-state index in [2.05, 4.69) is 15.5 Å². The minimum Gasteiger partial charge on any atom is -0.358 e. The molecule has 0 unspecified atom stereocenters. The maximum atomic E-state index is 11.2. The number of anilines is 2. The van der Waals surface area contributed by atoms with Gasteiger partial charge in [0.05, 0.1) is 16.3 Å². The molecule has 0 spiro atoms. The van der Waals surface area contributed by atoms with Crippen molar-refractivity contribution in [3.05, 3.63) is 39.7 Å². The lowest BCUT2D eigenvalue weighted by Gasteiger charge is -2.23. The van der Waals surface area contributed by atoms with Crippen molar-refractivity contribution in [2.45, 2.75) is 26.3 Å². The Morgan fingerprint density at radius 2 is 2.00 bits per heavy atom. The van der Waals surface area contributed by atoms with Gasteiger partial charge in [-0.1, -0.05) is 0 Å². The first-order chi connectivity index (χ1) is 9.66. The van der Waals surface area contributed by atoms with Crippen molar-refractivity contribution in [2.24, 2.45) is 0 Å². The number of nitrogens with one attached hydrogen (secondary N) is 2. The van der Waals surface area contributed by atoms with Gasteiger partial charge in [-0.25, -0.2) is 0 Å². The molecule has 0 aromatic heterocycles. The zero-order valence-corrected chi connectivity index (χ0v) is 11.5. The van der Waals surface area contributed by atoms with Crippen LogP contribution >= 0.6 is 0 Å². The number of hydrogen-bond acceptors (Lipinski definition) is 5. The van der Waals surface area contributed by atoms with Crippen molar-refractivity contribution in [3.8, 4) is 0 Å². The maximum absolute atomic E-state index is 11.2. The molecule has 6 heteroatoms. The van der Waals surface area contributed by atoms with Gasteiger partial charge in [0.1, 0.15) is 0 Å². The summed E-state index contributed by atoms with van der Waals surface area (Å²) in [5.74, 6) is 0. The lowest BCUT2D eigenvalue weighted by molar-refractivity contribution is -0.385. The number of nitrogens with zero attached hydrogens (tertiary/aromatic N) is 2. The summed E-state index contributed by atoms with van der Waals surface area (Å²) >= 11 is 0. The van der Waals surface area contributed by atoms with Gasteiger partial charge < -0.3 is 10.6 Å². The molecule has 2 aliphatic rings. The summed E-state index contributed by atoms with van der Waals surface area (Å²) in [5.41, 5.74) is 3.70. The summed E-state index contributed by atoms with van der Waals surface area (Å²) in [7, 11) is 0. The molecule has 3 rings (SSSR count). The SMILES string of the molecule is Cc1c([N+](=O)[O-])cc2c(c1CN1CCCC1)NC=CN2. The summed E-state index contributed by atoms with van der Waals surface area (Å²) in [6.07, 6.45) is 5.99. The van der Waals surface area contributed by atoms with Gasteiger partial charge in [0, 0.05) is 36.1 Å². The highest BCUT2D eigenvalue weighted by molar-refractivity contribution is 5.81. The van der Waals surface area contributed by atoms with Gasteiger partial charge in [0.2, 0.25) is 0 Å². The monoisotopic (exact) mass is 274 g/mol. The molecule has 1 fully saturated rings. The van der Waals surface area contributed by atoms with Gasteiger partial charge in [-0.2, -0.15) is 0 Å². The lowest BCUT2D eigenvalue weighted by Crippen LogP contribution is -2.21. The number of likely N-dealkylation sites (tertiary alicyclic amines) is 1. The fraction of sp³-hybridized carbons (Fsp3) is 0.429. The second-order valence-electron chi connectivity index (χ2n) is 5.28. The van der Waals surface area contributed by atoms with E-state index in [1.807, 2.05) is 13.1 Å². The third-order valence-electron chi connectivity index (χ3n) is 4.02. The Hall–Kier alpha value is -2.08. The van der Waals surface area contributed by atoms with Crippen LogP contribution in [0.5, 0.6) is 0 Å². The van der Waals surface area contributed by atoms with Gasteiger partial charge in [0.15, 0.2) is 0 Å². The summed E-state index contributed by atoms with van der Waals surface area (Å²) in [6.45, 7) is 4.74. The molecule has 0 saturated carbocycles. The Labute approximate surface area is 117 Å². The second-order valence-corrected chi connectivity index (χ2v) is 5.28. The van der Waals surface area contributed by atoms with Crippen LogP contribution in [0.2, 0.25) is 0 Å². The van der Waals surface area contributed by atoms with E-state index in [9.17, 15) is 10.1 Å². The molecule has 106 valence electrons. The molecule has 0 aliphatic carbocycles. The largest absolute Gasteiger partial charge is 0.358 e. The fourth-order valence-electron chi connectivity index (χ4n) is 2.91. The highest BCUT2D eigenvalue weighted by Gasteiger charge is 2.24. The molecule has 0 atom stereocenters. The van der Waals surface area contributed by atoms with Crippen LogP contribution in [0.1, 0.15) is 24.0 Å². The predicted molar refractivity (Wildman–Crippen MR) is 78.7 cm³/mol. The highest BCUT2D eigenvalue weighted by atomic mass is 16.6. The molecule has 6 nitrogen and oxygen atoms in total. The fourth-order valence-corrected chi connectivity index (χ4v) is 2.91. The molecule has 0 radical (unpaired) electrons. The van der Waals surface area contributed by atoms with Crippen LogP contribution in [0, 0.1) is 17.0 Å². The molecule has 1 aromatic rings. The van der Waals surface area contributed by atoms with Crippen molar-refractivity contribution in [2.75, 3.05) is 23.7 Å². The van der Waals surface area contributed by atoms with Crippen LogP contribution in [0.25, 0.3) is 0 Å². The average Bonchev–Trinajstić information content (AvgIpc) is 2.94. The van der Waals surface area contributed by atoms with Crippen LogP contribution in [0.4, 0.5) is 17.1 Å². The highest BCUT2D eigenvalue weighted by Crippen LogP contribution is 2.38. The number of fused-ring (bicyclic) bond motifs is 1. The van der Waals surface area contributed by atoms with Crippen molar-refractivity contribution < 1.29 is 4.92 Å². The smallest absolute Gasteiger partial charge is 0.274 e. The van der Waals surface area contributed by atoms with E-state index in [0.29, 0.717) is 0 Å². The summed E-state index contributed by atoms with van der Waals surface area (Å²) in [5, 5.41) is 17.5. The number of nitro groups is 1. The molecular formula is C14H18N4O2. The van der Waals surface area contributed by atoms with Crippen LogP contribution < -0.4 is 10.6 Å². The zero-order chi connectivity index (χ0) is 14.1. The Kier molecular flexibility index (Phi) is 3.31. The van der Waals surface area contributed by atoms with Crippen LogP contribution in [0.3, 0.4) is 0 Å². The van der Waals surface area contributed by atoms with E-state index in [4.69, 9.17) is 0 Å². The lowest BCUT2D eigenvalue weighted by atomic mass is 10.0. The van der Waals surface area contributed by atoms with Crippen molar-refractivity contribution in [1.82, 2.24) is 4.90 Å². The zero-order valence-electron chi connectivity index (χ0n) is 11.5. The minimum atomic E-state index is -0.302. The summed E-state index contributed by atoms with van der Waals surface area (Å²) in [6, 6.07) is 1.61. The third-order valence-corrected chi connectivity index (χ3v) is 4.02. The second kappa shape index (κ2) is 5.13. The van der Waals surface area contributed by atoms with Crippen LogP contribution in [0.15, 0.2) is 18.5 Å². The Morgan fingerprint density at radius 3 is 2.70 bits per heavy atom. The molecule has 0 amide bonds. The molecule has 20 heavy (non-hydrogen) atoms. The third kappa shape index (κ3) is 2.22. The van der Waals surface area contributed by atoms with Gasteiger partial charge in [-0.05, 0) is 32.9 Å². The first-order valence-electron chi connectivity index (χ1n) is 6.88. The molecule has 1 saturated heterocycles. The molecule has 2 N–H and O–H groups in total. The van der Waals surface area contributed by atoms with E-state index >= 15 is 0 Å². The quantitative estimate of drug-likeness (QED) is 0.655. The van der Waals surface area contributed by atoms with Crippen LogP contribution in [-0.2, 0) is 6.54 Å². The molecule has 0 bridgehead atoms. The number of benzene rings is 1.